The summed E-state index contributed by atoms with van der Waals surface area (Å²) in [6.07, 6.45) is 2.00. The molecule has 4 nitrogen and oxygen atoms in total. The van der Waals surface area contributed by atoms with Gasteiger partial charge in [-0.05, 0) is 42.7 Å². The van der Waals surface area contributed by atoms with Gasteiger partial charge < -0.3 is 0 Å². The molecule has 0 unspecified atom stereocenters. The van der Waals surface area contributed by atoms with Crippen molar-refractivity contribution in [2.75, 3.05) is 6.26 Å². The van der Waals surface area contributed by atoms with Crippen molar-refractivity contribution in [1.29, 1.82) is 5.26 Å². The lowest BCUT2D eigenvalue weighted by Gasteiger charge is -2.15. The molecular formula is C19H14ClN3OS2. The average Bonchev–Trinajstić information content (AvgIpc) is 2.68. The van der Waals surface area contributed by atoms with Crippen LogP contribution in [0, 0.1) is 11.3 Å². The van der Waals surface area contributed by atoms with Crippen molar-refractivity contribution in [3.05, 3.63) is 75.2 Å². The summed E-state index contributed by atoms with van der Waals surface area (Å²) in [6.45, 7) is 0. The zero-order chi connectivity index (χ0) is 18.7. The third-order valence-corrected chi connectivity index (χ3v) is 5.15. The van der Waals surface area contributed by atoms with Gasteiger partial charge in [-0.2, -0.15) is 17.9 Å². The first-order valence-corrected chi connectivity index (χ1v) is 9.89. The van der Waals surface area contributed by atoms with E-state index in [9.17, 15) is 10.1 Å². The van der Waals surface area contributed by atoms with E-state index in [1.807, 2.05) is 36.6 Å². The fourth-order valence-electron chi connectivity index (χ4n) is 2.56. The van der Waals surface area contributed by atoms with Crippen LogP contribution in [0.25, 0.3) is 17.1 Å². The van der Waals surface area contributed by atoms with Crippen molar-refractivity contribution in [2.45, 2.75) is 10.6 Å². The standard InChI is InChI=1S/C19H14ClN3OS2/c1-26-15-8-2-12(3-9-15)18-22-17(11-25)16(10-21)19(24)23(18)14-6-4-13(20)5-7-14/h2-9,25H,11H2,1H3. The van der Waals surface area contributed by atoms with Crippen LogP contribution in [-0.4, -0.2) is 15.8 Å². The molecule has 0 aliphatic heterocycles. The number of thiol groups is 1. The van der Waals surface area contributed by atoms with Gasteiger partial charge in [-0.15, -0.1) is 11.8 Å². The van der Waals surface area contributed by atoms with Crippen molar-refractivity contribution in [3.63, 3.8) is 0 Å². The minimum absolute atomic E-state index is 0.000524. The number of hydrogen-bond donors (Lipinski definition) is 1. The quantitative estimate of drug-likeness (QED) is 0.515. The molecule has 0 bridgehead atoms. The monoisotopic (exact) mass is 399 g/mol. The summed E-state index contributed by atoms with van der Waals surface area (Å²) < 4.78 is 1.44. The van der Waals surface area contributed by atoms with E-state index in [0.29, 0.717) is 22.2 Å². The van der Waals surface area contributed by atoms with Crippen molar-refractivity contribution >= 4 is 36.0 Å². The molecule has 0 radical (unpaired) electrons. The molecule has 3 aromatic rings. The zero-order valence-electron chi connectivity index (χ0n) is 13.8. The highest BCUT2D eigenvalue weighted by molar-refractivity contribution is 7.98. The van der Waals surface area contributed by atoms with Gasteiger partial charge >= 0.3 is 0 Å². The van der Waals surface area contributed by atoms with E-state index in [-0.39, 0.29) is 11.3 Å². The molecule has 26 heavy (non-hydrogen) atoms. The van der Waals surface area contributed by atoms with Gasteiger partial charge in [-0.1, -0.05) is 23.7 Å². The van der Waals surface area contributed by atoms with Gasteiger partial charge in [0.15, 0.2) is 0 Å². The van der Waals surface area contributed by atoms with E-state index in [1.165, 1.54) is 4.57 Å². The molecule has 2 aromatic carbocycles. The summed E-state index contributed by atoms with van der Waals surface area (Å²) in [7, 11) is 0. The Kier molecular flexibility index (Phi) is 5.72. The smallest absolute Gasteiger partial charge is 0.267 e. The maximum Gasteiger partial charge on any atom is 0.276 e. The molecule has 1 aromatic heterocycles. The Morgan fingerprint density at radius 3 is 2.38 bits per heavy atom. The van der Waals surface area contributed by atoms with E-state index in [4.69, 9.17) is 11.6 Å². The van der Waals surface area contributed by atoms with Crippen molar-refractivity contribution in [2.24, 2.45) is 0 Å². The Bertz CT molecular complexity index is 1040. The molecule has 0 aliphatic carbocycles. The first-order chi connectivity index (χ1) is 12.6. The fourth-order valence-corrected chi connectivity index (χ4v) is 3.32. The lowest BCUT2D eigenvalue weighted by atomic mass is 10.1. The largest absolute Gasteiger partial charge is 0.276 e. The van der Waals surface area contributed by atoms with Crippen LogP contribution in [0.5, 0.6) is 0 Å². The average molecular weight is 400 g/mol. The van der Waals surface area contributed by atoms with E-state index in [0.717, 1.165) is 10.5 Å². The molecule has 0 saturated carbocycles. The van der Waals surface area contributed by atoms with Gasteiger partial charge in [0.05, 0.1) is 11.4 Å². The molecule has 0 saturated heterocycles. The third-order valence-electron chi connectivity index (χ3n) is 3.85. The number of thioether (sulfide) groups is 1. The van der Waals surface area contributed by atoms with E-state index < -0.39 is 5.56 Å². The van der Waals surface area contributed by atoms with Crippen LogP contribution < -0.4 is 5.56 Å². The van der Waals surface area contributed by atoms with Crippen LogP contribution >= 0.6 is 36.0 Å². The maximum absolute atomic E-state index is 13.0. The molecule has 0 spiro atoms. The Morgan fingerprint density at radius 1 is 1.19 bits per heavy atom. The van der Waals surface area contributed by atoms with E-state index in [2.05, 4.69) is 17.6 Å². The summed E-state index contributed by atoms with van der Waals surface area (Å²) in [4.78, 5) is 18.7. The Morgan fingerprint density at radius 2 is 1.85 bits per heavy atom. The summed E-state index contributed by atoms with van der Waals surface area (Å²) in [5.74, 6) is 0.670. The van der Waals surface area contributed by atoms with Gasteiger partial charge in [0, 0.05) is 21.2 Å². The molecule has 0 aliphatic rings. The second kappa shape index (κ2) is 8.00. The van der Waals surface area contributed by atoms with Crippen LogP contribution in [-0.2, 0) is 5.75 Å². The number of aromatic nitrogens is 2. The molecule has 0 atom stereocenters. The Hall–Kier alpha value is -2.20. The van der Waals surface area contributed by atoms with E-state index in [1.54, 1.807) is 36.0 Å². The van der Waals surface area contributed by atoms with Crippen LogP contribution in [0.15, 0.2) is 58.2 Å². The molecule has 1 heterocycles. The van der Waals surface area contributed by atoms with Gasteiger partial charge in [0.1, 0.15) is 17.5 Å². The van der Waals surface area contributed by atoms with Crippen LogP contribution in [0.3, 0.4) is 0 Å². The van der Waals surface area contributed by atoms with Gasteiger partial charge in [0.25, 0.3) is 5.56 Å². The highest BCUT2D eigenvalue weighted by atomic mass is 35.5. The zero-order valence-corrected chi connectivity index (χ0v) is 16.3. The minimum Gasteiger partial charge on any atom is -0.267 e. The number of nitriles is 1. The third kappa shape index (κ3) is 3.51. The Balaban J connectivity index is 2.33. The van der Waals surface area contributed by atoms with Crippen LogP contribution in [0.2, 0.25) is 5.02 Å². The van der Waals surface area contributed by atoms with Crippen LogP contribution in [0.4, 0.5) is 0 Å². The number of halogens is 1. The highest BCUT2D eigenvalue weighted by Crippen LogP contribution is 2.25. The molecular weight excluding hydrogens is 386 g/mol. The normalized spacial score (nSPS) is 10.5. The number of rotatable bonds is 4. The molecule has 3 rings (SSSR count). The first-order valence-electron chi connectivity index (χ1n) is 7.66. The summed E-state index contributed by atoms with van der Waals surface area (Å²) >= 11 is 11.8. The molecule has 130 valence electrons. The van der Waals surface area contributed by atoms with Crippen LogP contribution in [0.1, 0.15) is 11.3 Å². The SMILES string of the molecule is CSc1ccc(-c2nc(CS)c(C#N)c(=O)n2-c2ccc(Cl)cc2)cc1. The summed E-state index contributed by atoms with van der Waals surface area (Å²) in [5, 5.41) is 9.98. The highest BCUT2D eigenvalue weighted by Gasteiger charge is 2.18. The molecule has 7 heteroatoms. The number of nitrogens with zero attached hydrogens (tertiary/aromatic N) is 3. The first kappa shape index (κ1) is 18.6. The van der Waals surface area contributed by atoms with Crippen molar-refractivity contribution in [3.8, 4) is 23.1 Å². The van der Waals surface area contributed by atoms with Crippen molar-refractivity contribution < 1.29 is 0 Å². The maximum atomic E-state index is 13.0. The van der Waals surface area contributed by atoms with Gasteiger partial charge in [-0.25, -0.2) is 4.98 Å². The van der Waals surface area contributed by atoms with Crippen molar-refractivity contribution in [1.82, 2.24) is 9.55 Å². The number of benzene rings is 2. The van der Waals surface area contributed by atoms with Gasteiger partial charge in [0.2, 0.25) is 0 Å². The minimum atomic E-state index is -0.419. The predicted molar refractivity (Wildman–Crippen MR) is 109 cm³/mol. The lowest BCUT2D eigenvalue weighted by molar-refractivity contribution is 0.916. The van der Waals surface area contributed by atoms with Gasteiger partial charge in [-0.3, -0.25) is 9.36 Å². The molecule has 0 amide bonds. The predicted octanol–water partition coefficient (Wildman–Crippen LogP) is 4.58. The number of hydrogen-bond acceptors (Lipinski definition) is 5. The molecule has 0 fully saturated rings. The Labute approximate surface area is 165 Å². The lowest BCUT2D eigenvalue weighted by Crippen LogP contribution is -2.26. The topological polar surface area (TPSA) is 58.7 Å². The second-order valence-corrected chi connectivity index (χ2v) is 7.00. The second-order valence-electron chi connectivity index (χ2n) is 5.37. The van der Waals surface area contributed by atoms with E-state index >= 15 is 0 Å². The fraction of sp³-hybridized carbons (Fsp3) is 0.105. The summed E-state index contributed by atoms with van der Waals surface area (Å²) in [5.41, 5.74) is 1.33. The molecule has 0 N–H and O–H groups in total. The summed E-state index contributed by atoms with van der Waals surface area (Å²) in [6, 6.07) is 16.6.